The second-order valence-corrected chi connectivity index (χ2v) is 5.34. The van der Waals surface area contributed by atoms with Gasteiger partial charge >= 0.3 is 0 Å². The van der Waals surface area contributed by atoms with Crippen LogP contribution in [0.1, 0.15) is 10.4 Å². The highest BCUT2D eigenvalue weighted by molar-refractivity contribution is 6.07. The molecule has 1 N–H and O–H groups in total. The highest BCUT2D eigenvalue weighted by Gasteiger charge is 2.21. The van der Waals surface area contributed by atoms with E-state index < -0.39 is 11.7 Å². The van der Waals surface area contributed by atoms with E-state index in [1.807, 2.05) is 0 Å². The summed E-state index contributed by atoms with van der Waals surface area (Å²) in [6.07, 6.45) is 2.68. The Hall–Kier alpha value is -3.62. The molecule has 0 aliphatic heterocycles. The summed E-state index contributed by atoms with van der Waals surface area (Å²) in [6, 6.07) is 7.37. The molecule has 0 radical (unpaired) electrons. The highest BCUT2D eigenvalue weighted by Crippen LogP contribution is 2.40. The Balaban J connectivity index is 1.89. The number of hydrogen-bond acceptors (Lipinski definition) is 6. The summed E-state index contributed by atoms with van der Waals surface area (Å²) in [4.78, 5) is 16.4. The van der Waals surface area contributed by atoms with Gasteiger partial charge in [-0.3, -0.25) is 4.79 Å². The van der Waals surface area contributed by atoms with Crippen LogP contribution < -0.4 is 19.5 Å². The van der Waals surface area contributed by atoms with E-state index in [1.54, 1.807) is 12.1 Å². The van der Waals surface area contributed by atoms with Gasteiger partial charge in [0.05, 0.1) is 26.9 Å². The zero-order chi connectivity index (χ0) is 19.4. The molecule has 1 heterocycles. The van der Waals surface area contributed by atoms with Crippen LogP contribution >= 0.6 is 0 Å². The lowest BCUT2D eigenvalue weighted by molar-refractivity contribution is 0.102. The second-order valence-electron chi connectivity index (χ2n) is 5.34. The normalized spacial score (nSPS) is 10.4. The first-order valence-electron chi connectivity index (χ1n) is 7.84. The molecule has 0 atom stereocenters. The number of ether oxygens (including phenoxy) is 3. The SMILES string of the molecule is COc1ccc(C(=O)Nc2ccc(-n3cncn3)c(F)c2)c(OC)c1OC. The summed E-state index contributed by atoms with van der Waals surface area (Å²) in [5.74, 6) is -0.109. The number of methoxy groups -OCH3 is 3. The maximum Gasteiger partial charge on any atom is 0.259 e. The summed E-state index contributed by atoms with van der Waals surface area (Å²) < 4.78 is 31.4. The summed E-state index contributed by atoms with van der Waals surface area (Å²) >= 11 is 0. The van der Waals surface area contributed by atoms with Crippen molar-refractivity contribution >= 4 is 11.6 Å². The van der Waals surface area contributed by atoms with Crippen LogP contribution in [0.5, 0.6) is 17.2 Å². The van der Waals surface area contributed by atoms with E-state index in [9.17, 15) is 9.18 Å². The van der Waals surface area contributed by atoms with Gasteiger partial charge in [0.1, 0.15) is 18.3 Å². The molecular weight excluding hydrogens is 355 g/mol. The molecule has 1 amide bonds. The van der Waals surface area contributed by atoms with Gasteiger partial charge in [-0.2, -0.15) is 5.10 Å². The third kappa shape index (κ3) is 3.52. The van der Waals surface area contributed by atoms with E-state index in [0.29, 0.717) is 11.5 Å². The lowest BCUT2D eigenvalue weighted by Gasteiger charge is -2.15. The van der Waals surface area contributed by atoms with Crippen LogP contribution in [-0.2, 0) is 0 Å². The smallest absolute Gasteiger partial charge is 0.259 e. The molecule has 0 aliphatic rings. The fourth-order valence-corrected chi connectivity index (χ4v) is 2.58. The van der Waals surface area contributed by atoms with Crippen LogP contribution in [0.15, 0.2) is 43.0 Å². The van der Waals surface area contributed by atoms with Gasteiger partial charge < -0.3 is 19.5 Å². The molecule has 27 heavy (non-hydrogen) atoms. The molecule has 9 heteroatoms. The number of anilines is 1. The lowest BCUT2D eigenvalue weighted by Crippen LogP contribution is -2.14. The fraction of sp³-hybridized carbons (Fsp3) is 0.167. The van der Waals surface area contributed by atoms with Crippen molar-refractivity contribution < 1.29 is 23.4 Å². The number of hydrogen-bond donors (Lipinski definition) is 1. The van der Waals surface area contributed by atoms with Crippen molar-refractivity contribution in [2.75, 3.05) is 26.6 Å². The van der Waals surface area contributed by atoms with Crippen LogP contribution in [0, 0.1) is 5.82 Å². The predicted octanol–water partition coefficient (Wildman–Crippen LogP) is 2.68. The van der Waals surface area contributed by atoms with Crippen molar-refractivity contribution in [2.24, 2.45) is 0 Å². The van der Waals surface area contributed by atoms with Crippen molar-refractivity contribution in [1.82, 2.24) is 14.8 Å². The monoisotopic (exact) mass is 372 g/mol. The molecule has 0 bridgehead atoms. The molecule has 1 aromatic heterocycles. The number of amides is 1. The van der Waals surface area contributed by atoms with E-state index in [1.165, 1.54) is 56.9 Å². The van der Waals surface area contributed by atoms with Crippen LogP contribution in [-0.4, -0.2) is 42.0 Å². The average Bonchev–Trinajstić information content (AvgIpc) is 3.21. The summed E-state index contributed by atoms with van der Waals surface area (Å²) in [7, 11) is 4.34. The van der Waals surface area contributed by atoms with Gasteiger partial charge in [-0.15, -0.1) is 0 Å². The number of aromatic nitrogens is 3. The maximum atomic E-state index is 14.3. The molecule has 2 aromatic carbocycles. The molecule has 0 unspecified atom stereocenters. The first kappa shape index (κ1) is 18.2. The summed E-state index contributed by atoms with van der Waals surface area (Å²) in [5, 5.41) is 6.51. The summed E-state index contributed by atoms with van der Waals surface area (Å²) in [6.45, 7) is 0. The Labute approximate surface area is 154 Å². The number of halogens is 1. The molecule has 3 rings (SSSR count). The van der Waals surface area contributed by atoms with Gasteiger partial charge in [-0.1, -0.05) is 0 Å². The number of carbonyl (C=O) groups is 1. The number of rotatable bonds is 6. The Morgan fingerprint density at radius 3 is 2.44 bits per heavy atom. The van der Waals surface area contributed by atoms with Gasteiger partial charge in [-0.05, 0) is 30.3 Å². The number of nitrogens with one attached hydrogen (secondary N) is 1. The molecule has 0 aliphatic carbocycles. The molecule has 140 valence electrons. The predicted molar refractivity (Wildman–Crippen MR) is 95.4 cm³/mol. The van der Waals surface area contributed by atoms with Crippen molar-refractivity contribution in [2.45, 2.75) is 0 Å². The molecular formula is C18H17FN4O4. The largest absolute Gasteiger partial charge is 0.493 e. The van der Waals surface area contributed by atoms with Gasteiger partial charge in [0.25, 0.3) is 5.91 Å². The molecule has 0 saturated heterocycles. The highest BCUT2D eigenvalue weighted by atomic mass is 19.1. The Kier molecular flexibility index (Phi) is 5.20. The van der Waals surface area contributed by atoms with Gasteiger partial charge in [0.2, 0.25) is 5.75 Å². The second kappa shape index (κ2) is 7.73. The number of carbonyl (C=O) groups excluding carboxylic acids is 1. The molecule has 8 nitrogen and oxygen atoms in total. The van der Waals surface area contributed by atoms with Crippen LogP contribution in [0.4, 0.5) is 10.1 Å². The van der Waals surface area contributed by atoms with Crippen LogP contribution in [0.2, 0.25) is 0 Å². The van der Waals surface area contributed by atoms with Gasteiger partial charge in [0, 0.05) is 5.69 Å². The van der Waals surface area contributed by atoms with Crippen molar-refractivity contribution in [3.63, 3.8) is 0 Å². The Morgan fingerprint density at radius 1 is 1.07 bits per heavy atom. The minimum absolute atomic E-state index is 0.217. The standard InChI is InChI=1S/C18H17FN4O4/c1-25-15-7-5-12(16(26-2)17(15)27-3)18(24)22-11-4-6-14(13(19)8-11)23-10-20-9-21-23/h4-10H,1-3H3,(H,22,24). The quantitative estimate of drug-likeness (QED) is 0.716. The first-order valence-corrected chi connectivity index (χ1v) is 7.84. The molecule has 0 fully saturated rings. The van der Waals surface area contributed by atoms with Crippen LogP contribution in [0.25, 0.3) is 5.69 Å². The Morgan fingerprint density at radius 2 is 1.85 bits per heavy atom. The zero-order valence-electron chi connectivity index (χ0n) is 14.9. The van der Waals surface area contributed by atoms with Crippen molar-refractivity contribution in [1.29, 1.82) is 0 Å². The van der Waals surface area contributed by atoms with Crippen LogP contribution in [0.3, 0.4) is 0 Å². The fourth-order valence-electron chi connectivity index (χ4n) is 2.58. The van der Waals surface area contributed by atoms with E-state index in [4.69, 9.17) is 14.2 Å². The average molecular weight is 372 g/mol. The topological polar surface area (TPSA) is 87.5 Å². The molecule has 0 spiro atoms. The Bertz CT molecular complexity index is 960. The maximum absolute atomic E-state index is 14.3. The van der Waals surface area contributed by atoms with E-state index in [-0.39, 0.29) is 22.7 Å². The van der Waals surface area contributed by atoms with Gasteiger partial charge in [-0.25, -0.2) is 14.1 Å². The third-order valence-electron chi connectivity index (χ3n) is 3.82. The summed E-state index contributed by atoms with van der Waals surface area (Å²) in [5.41, 5.74) is 0.711. The third-order valence-corrected chi connectivity index (χ3v) is 3.82. The minimum Gasteiger partial charge on any atom is -0.493 e. The zero-order valence-corrected chi connectivity index (χ0v) is 14.9. The van der Waals surface area contributed by atoms with E-state index >= 15 is 0 Å². The molecule has 3 aromatic rings. The number of nitrogens with zero attached hydrogens (tertiary/aromatic N) is 3. The van der Waals surface area contributed by atoms with Crippen molar-refractivity contribution in [3.05, 3.63) is 54.4 Å². The lowest BCUT2D eigenvalue weighted by atomic mass is 10.1. The van der Waals surface area contributed by atoms with E-state index in [2.05, 4.69) is 15.4 Å². The van der Waals surface area contributed by atoms with Gasteiger partial charge in [0.15, 0.2) is 17.3 Å². The van der Waals surface area contributed by atoms with E-state index in [0.717, 1.165) is 0 Å². The minimum atomic E-state index is -0.558. The van der Waals surface area contributed by atoms with Crippen molar-refractivity contribution in [3.8, 4) is 22.9 Å². The number of benzene rings is 2. The molecule has 0 saturated carbocycles. The first-order chi connectivity index (χ1) is 13.1.